The van der Waals surface area contributed by atoms with Gasteiger partial charge in [0.15, 0.2) is 0 Å². The van der Waals surface area contributed by atoms with Crippen LogP contribution in [0, 0.1) is 19.8 Å². The van der Waals surface area contributed by atoms with Crippen LogP contribution in [-0.2, 0) is 17.8 Å². The quantitative estimate of drug-likeness (QED) is 0.263. The Bertz CT molecular complexity index is 1350. The lowest BCUT2D eigenvalue weighted by atomic mass is 9.88. The number of benzene rings is 2. The van der Waals surface area contributed by atoms with E-state index in [-0.39, 0.29) is 11.8 Å². The Kier molecular flexibility index (Phi) is 8.03. The van der Waals surface area contributed by atoms with Gasteiger partial charge in [-0.15, -0.1) is 0 Å². The summed E-state index contributed by atoms with van der Waals surface area (Å²) in [5, 5.41) is 22.9. The van der Waals surface area contributed by atoms with Gasteiger partial charge in [-0.2, -0.15) is 0 Å². The average Bonchev–Trinajstić information content (AvgIpc) is 3.58. The van der Waals surface area contributed by atoms with E-state index in [9.17, 15) is 15.0 Å². The van der Waals surface area contributed by atoms with Crippen LogP contribution in [0.3, 0.4) is 0 Å². The summed E-state index contributed by atoms with van der Waals surface area (Å²) in [6.07, 6.45) is 5.35. The molecule has 1 heterocycles. The number of hydrogen-bond donors (Lipinski definition) is 3. The Morgan fingerprint density at radius 1 is 1.18 bits per heavy atom. The SMILES string of the molecule is Cc1cc(OCCC(C)(C)O)cc(C)c1-c1cccc2c1CCC2[C@@H](C)NCc1ccc([C@@H]2C[C@H]2C(=O)O)nc1. The summed E-state index contributed by atoms with van der Waals surface area (Å²) in [5.74, 6) is 0.369. The summed E-state index contributed by atoms with van der Waals surface area (Å²) in [4.78, 5) is 15.7. The highest BCUT2D eigenvalue weighted by Crippen LogP contribution is 2.47. The van der Waals surface area contributed by atoms with E-state index in [1.54, 1.807) is 13.8 Å². The maximum Gasteiger partial charge on any atom is 0.307 e. The van der Waals surface area contributed by atoms with Crippen molar-refractivity contribution in [2.24, 2.45) is 5.92 Å². The number of nitrogens with zero attached hydrogens (tertiary/aromatic N) is 1. The fourth-order valence-corrected chi connectivity index (χ4v) is 6.27. The third kappa shape index (κ3) is 6.24. The van der Waals surface area contributed by atoms with E-state index in [0.29, 0.717) is 31.4 Å². The molecule has 4 atom stereocenters. The zero-order valence-corrected chi connectivity index (χ0v) is 24.3. The fourth-order valence-electron chi connectivity index (χ4n) is 6.27. The van der Waals surface area contributed by atoms with Crippen LogP contribution < -0.4 is 10.1 Å². The van der Waals surface area contributed by atoms with Crippen LogP contribution in [0.1, 0.15) is 85.4 Å². The van der Waals surface area contributed by atoms with Gasteiger partial charge < -0.3 is 20.3 Å². The Labute approximate surface area is 237 Å². The van der Waals surface area contributed by atoms with Crippen molar-refractivity contribution in [3.63, 3.8) is 0 Å². The summed E-state index contributed by atoms with van der Waals surface area (Å²) in [6.45, 7) is 11.4. The number of aliphatic carboxylic acids is 1. The van der Waals surface area contributed by atoms with Crippen LogP contribution in [0.5, 0.6) is 5.75 Å². The number of aryl methyl sites for hydroxylation is 2. The molecule has 3 N–H and O–H groups in total. The van der Waals surface area contributed by atoms with Gasteiger partial charge in [0.1, 0.15) is 5.75 Å². The van der Waals surface area contributed by atoms with Crippen LogP contribution in [0.15, 0.2) is 48.7 Å². The topological polar surface area (TPSA) is 91.7 Å². The first-order valence-corrected chi connectivity index (χ1v) is 14.5. The van der Waals surface area contributed by atoms with Crippen LogP contribution in [0.2, 0.25) is 0 Å². The molecule has 1 aromatic heterocycles. The molecule has 1 saturated carbocycles. The molecule has 2 aliphatic rings. The van der Waals surface area contributed by atoms with Gasteiger partial charge in [0.25, 0.3) is 0 Å². The molecule has 5 rings (SSSR count). The van der Waals surface area contributed by atoms with Gasteiger partial charge >= 0.3 is 5.97 Å². The molecule has 40 heavy (non-hydrogen) atoms. The number of fused-ring (bicyclic) bond motifs is 1. The number of rotatable bonds is 11. The zero-order chi connectivity index (χ0) is 28.6. The van der Waals surface area contributed by atoms with E-state index >= 15 is 0 Å². The summed E-state index contributed by atoms with van der Waals surface area (Å²) in [5.41, 5.74) is 9.19. The second-order valence-corrected chi connectivity index (χ2v) is 12.4. The first kappa shape index (κ1) is 28.3. The molecule has 3 aromatic rings. The predicted octanol–water partition coefficient (Wildman–Crippen LogP) is 6.30. The van der Waals surface area contributed by atoms with Gasteiger partial charge in [-0.25, -0.2) is 0 Å². The molecule has 212 valence electrons. The van der Waals surface area contributed by atoms with E-state index in [1.807, 2.05) is 12.3 Å². The van der Waals surface area contributed by atoms with Crippen molar-refractivity contribution in [3.05, 3.63) is 82.2 Å². The number of ether oxygens (including phenoxy) is 1. The van der Waals surface area contributed by atoms with Crippen molar-refractivity contribution < 1.29 is 19.7 Å². The maximum atomic E-state index is 11.2. The van der Waals surface area contributed by atoms with Gasteiger partial charge in [-0.05, 0) is 117 Å². The second-order valence-electron chi connectivity index (χ2n) is 12.4. The third-order valence-corrected chi connectivity index (χ3v) is 8.64. The highest BCUT2D eigenvalue weighted by molar-refractivity contribution is 5.76. The zero-order valence-electron chi connectivity index (χ0n) is 24.3. The summed E-state index contributed by atoms with van der Waals surface area (Å²) in [7, 11) is 0. The van der Waals surface area contributed by atoms with Crippen LogP contribution in [0.4, 0.5) is 0 Å². The van der Waals surface area contributed by atoms with E-state index in [0.717, 1.165) is 36.4 Å². The van der Waals surface area contributed by atoms with E-state index < -0.39 is 11.6 Å². The number of aliphatic hydroxyl groups is 1. The molecule has 0 radical (unpaired) electrons. The summed E-state index contributed by atoms with van der Waals surface area (Å²) in [6, 6.07) is 15.3. The lowest BCUT2D eigenvalue weighted by molar-refractivity contribution is -0.138. The number of hydrogen-bond acceptors (Lipinski definition) is 5. The van der Waals surface area contributed by atoms with Gasteiger partial charge in [0, 0.05) is 36.8 Å². The first-order chi connectivity index (χ1) is 19.0. The Balaban J connectivity index is 1.25. The molecule has 0 amide bonds. The van der Waals surface area contributed by atoms with Crippen LogP contribution >= 0.6 is 0 Å². The predicted molar refractivity (Wildman–Crippen MR) is 158 cm³/mol. The smallest absolute Gasteiger partial charge is 0.307 e. The van der Waals surface area contributed by atoms with Crippen molar-refractivity contribution in [2.75, 3.05) is 6.61 Å². The Morgan fingerprint density at radius 2 is 1.93 bits per heavy atom. The molecule has 6 nitrogen and oxygen atoms in total. The standard InChI is InChI=1S/C34H42N2O4/c1-20-15-24(40-14-13-34(4,5)39)16-21(2)32(20)28-8-6-7-26-25(10-11-27(26)28)22(3)35-18-23-9-12-31(36-19-23)29-17-30(29)33(37)38/h6-9,12,15-16,19,22,25,29-30,35,39H,10-11,13-14,17-18H2,1-5H3,(H,37,38)/t22-,25?,29-,30-/m1/s1. The minimum absolute atomic E-state index is 0.0669. The molecule has 0 aliphatic heterocycles. The lowest BCUT2D eigenvalue weighted by Gasteiger charge is -2.23. The van der Waals surface area contributed by atoms with Gasteiger partial charge in [-0.1, -0.05) is 24.3 Å². The van der Waals surface area contributed by atoms with Crippen molar-refractivity contribution in [1.29, 1.82) is 0 Å². The molecule has 1 fully saturated rings. The number of carboxylic acid groups (broad SMARTS) is 1. The Hall–Kier alpha value is -3.22. The maximum absolute atomic E-state index is 11.2. The molecule has 2 aliphatic carbocycles. The summed E-state index contributed by atoms with van der Waals surface area (Å²) < 4.78 is 5.98. The molecule has 0 saturated heterocycles. The molecular weight excluding hydrogens is 500 g/mol. The second kappa shape index (κ2) is 11.3. The highest BCUT2D eigenvalue weighted by Gasteiger charge is 2.45. The van der Waals surface area contributed by atoms with Crippen molar-refractivity contribution in [2.45, 2.75) is 90.3 Å². The van der Waals surface area contributed by atoms with E-state index in [1.165, 1.54) is 33.4 Å². The normalized spacial score (nSPS) is 20.7. The molecule has 2 aromatic carbocycles. The highest BCUT2D eigenvalue weighted by atomic mass is 16.5. The molecule has 0 bridgehead atoms. The minimum atomic E-state index is -0.734. The molecule has 6 heteroatoms. The van der Waals surface area contributed by atoms with Crippen molar-refractivity contribution >= 4 is 5.97 Å². The van der Waals surface area contributed by atoms with Gasteiger partial charge in [-0.3, -0.25) is 9.78 Å². The van der Waals surface area contributed by atoms with Gasteiger partial charge in [0.05, 0.1) is 18.1 Å². The van der Waals surface area contributed by atoms with Crippen LogP contribution in [0.25, 0.3) is 11.1 Å². The molecular formula is C34H42N2O4. The first-order valence-electron chi connectivity index (χ1n) is 14.5. The van der Waals surface area contributed by atoms with E-state index in [2.05, 4.69) is 67.5 Å². The molecule has 1 unspecified atom stereocenters. The number of carbonyl (C=O) groups is 1. The summed E-state index contributed by atoms with van der Waals surface area (Å²) >= 11 is 0. The lowest BCUT2D eigenvalue weighted by Crippen LogP contribution is -2.30. The minimum Gasteiger partial charge on any atom is -0.493 e. The number of nitrogens with one attached hydrogen (secondary N) is 1. The number of carboxylic acids is 1. The average molecular weight is 543 g/mol. The molecule has 0 spiro atoms. The number of aromatic nitrogens is 1. The van der Waals surface area contributed by atoms with Crippen molar-refractivity contribution in [1.82, 2.24) is 10.3 Å². The largest absolute Gasteiger partial charge is 0.493 e. The van der Waals surface area contributed by atoms with Crippen molar-refractivity contribution in [3.8, 4) is 16.9 Å². The van der Waals surface area contributed by atoms with E-state index in [4.69, 9.17) is 4.74 Å². The Morgan fingerprint density at radius 3 is 2.55 bits per heavy atom. The monoisotopic (exact) mass is 542 g/mol. The van der Waals surface area contributed by atoms with Crippen LogP contribution in [-0.4, -0.2) is 39.4 Å². The fraction of sp³-hybridized carbons (Fsp3) is 0.471. The number of pyridine rings is 1. The third-order valence-electron chi connectivity index (χ3n) is 8.64. The van der Waals surface area contributed by atoms with Gasteiger partial charge in [0.2, 0.25) is 0 Å².